The van der Waals surface area contributed by atoms with Gasteiger partial charge in [0.2, 0.25) is 5.91 Å². The van der Waals surface area contributed by atoms with Crippen molar-refractivity contribution in [3.63, 3.8) is 0 Å². The topological polar surface area (TPSA) is 38.3 Å². The average molecular weight is 313 g/mol. The van der Waals surface area contributed by atoms with Crippen molar-refractivity contribution in [1.29, 1.82) is 0 Å². The summed E-state index contributed by atoms with van der Waals surface area (Å²) < 4.78 is 6.15. The number of carbonyl (C=O) groups is 1. The van der Waals surface area contributed by atoms with E-state index in [1.54, 1.807) is 0 Å². The fourth-order valence-electron chi connectivity index (χ4n) is 4.55. The Morgan fingerprint density at radius 1 is 1.04 bits per heavy atom. The van der Waals surface area contributed by atoms with Crippen LogP contribution in [0.1, 0.15) is 63.4 Å². The van der Waals surface area contributed by atoms with E-state index in [2.05, 4.69) is 17.4 Å². The molecule has 3 nitrogen and oxygen atoms in total. The van der Waals surface area contributed by atoms with Crippen LogP contribution in [0, 0.1) is 0 Å². The Bertz CT molecular complexity index is 553. The lowest BCUT2D eigenvalue weighted by Crippen LogP contribution is -2.51. The van der Waals surface area contributed by atoms with Crippen molar-refractivity contribution in [1.82, 2.24) is 5.32 Å². The van der Waals surface area contributed by atoms with Gasteiger partial charge in [-0.25, -0.2) is 0 Å². The third kappa shape index (κ3) is 2.91. The van der Waals surface area contributed by atoms with Gasteiger partial charge in [-0.1, -0.05) is 49.6 Å². The van der Waals surface area contributed by atoms with Crippen LogP contribution in [0.5, 0.6) is 0 Å². The third-order valence-electron chi connectivity index (χ3n) is 6.10. The number of amides is 1. The quantitative estimate of drug-likeness (QED) is 0.923. The lowest BCUT2D eigenvalue weighted by atomic mass is 9.78. The van der Waals surface area contributed by atoms with Gasteiger partial charge < -0.3 is 10.1 Å². The predicted octanol–water partition coefficient (Wildman–Crippen LogP) is 3.72. The molecule has 1 aliphatic heterocycles. The zero-order valence-electron chi connectivity index (χ0n) is 13.9. The third-order valence-corrected chi connectivity index (χ3v) is 6.10. The highest BCUT2D eigenvalue weighted by molar-refractivity contribution is 5.91. The summed E-state index contributed by atoms with van der Waals surface area (Å²) in [6, 6.07) is 10.6. The van der Waals surface area contributed by atoms with Crippen LogP contribution in [0.2, 0.25) is 0 Å². The maximum absolute atomic E-state index is 12.9. The van der Waals surface area contributed by atoms with E-state index in [0.29, 0.717) is 0 Å². The molecular weight excluding hydrogens is 286 g/mol. The Labute approximate surface area is 138 Å². The van der Waals surface area contributed by atoms with E-state index in [-0.39, 0.29) is 23.0 Å². The molecule has 1 spiro atoms. The summed E-state index contributed by atoms with van der Waals surface area (Å²) in [7, 11) is 0. The van der Waals surface area contributed by atoms with E-state index < -0.39 is 0 Å². The minimum atomic E-state index is -0.251. The molecule has 0 unspecified atom stereocenters. The molecule has 4 rings (SSSR count). The van der Waals surface area contributed by atoms with Crippen molar-refractivity contribution in [2.24, 2.45) is 0 Å². The van der Waals surface area contributed by atoms with Crippen molar-refractivity contribution < 1.29 is 9.53 Å². The molecule has 124 valence electrons. The molecule has 3 aliphatic rings. The van der Waals surface area contributed by atoms with E-state index in [1.807, 2.05) is 18.2 Å². The molecule has 2 saturated carbocycles. The van der Waals surface area contributed by atoms with Crippen LogP contribution in [0.3, 0.4) is 0 Å². The van der Waals surface area contributed by atoms with Crippen LogP contribution in [-0.2, 0) is 14.9 Å². The fraction of sp³-hybridized carbons (Fsp3) is 0.650. The highest BCUT2D eigenvalue weighted by atomic mass is 16.5. The van der Waals surface area contributed by atoms with Gasteiger partial charge in [0.05, 0.1) is 11.0 Å². The SMILES string of the molecule is O=C(N[C@@H]1CCOC2(CCCCC2)C1)C1(c2ccccc2)CC1. The number of carbonyl (C=O) groups excluding carboxylic acids is 1. The van der Waals surface area contributed by atoms with E-state index in [9.17, 15) is 4.79 Å². The van der Waals surface area contributed by atoms with Crippen molar-refractivity contribution >= 4 is 5.91 Å². The van der Waals surface area contributed by atoms with Crippen LogP contribution in [0.4, 0.5) is 0 Å². The van der Waals surface area contributed by atoms with Gasteiger partial charge >= 0.3 is 0 Å². The lowest BCUT2D eigenvalue weighted by molar-refractivity contribution is -0.130. The molecule has 1 N–H and O–H groups in total. The maximum atomic E-state index is 12.9. The summed E-state index contributed by atoms with van der Waals surface area (Å²) in [6.45, 7) is 0.795. The summed E-state index contributed by atoms with van der Waals surface area (Å²) in [5, 5.41) is 3.37. The van der Waals surface area contributed by atoms with Gasteiger partial charge in [-0.3, -0.25) is 4.79 Å². The second kappa shape index (κ2) is 5.94. The number of hydrogen-bond donors (Lipinski definition) is 1. The van der Waals surface area contributed by atoms with Crippen LogP contribution in [-0.4, -0.2) is 24.2 Å². The molecule has 1 saturated heterocycles. The standard InChI is InChI=1S/C20H27NO2/c22-18(20(12-13-20)16-7-3-1-4-8-16)21-17-9-14-23-19(15-17)10-5-2-6-11-19/h1,3-4,7-8,17H,2,5-6,9-15H2,(H,21,22)/t17-/m1/s1. The van der Waals surface area contributed by atoms with Gasteiger partial charge in [0.1, 0.15) is 0 Å². The Hall–Kier alpha value is -1.35. The van der Waals surface area contributed by atoms with Crippen molar-refractivity contribution in [3.05, 3.63) is 35.9 Å². The Balaban J connectivity index is 1.43. The van der Waals surface area contributed by atoms with Crippen LogP contribution < -0.4 is 5.32 Å². The molecule has 1 aromatic carbocycles. The van der Waals surface area contributed by atoms with Gasteiger partial charge in [-0.15, -0.1) is 0 Å². The highest BCUT2D eigenvalue weighted by Crippen LogP contribution is 2.48. The fourth-order valence-corrected chi connectivity index (χ4v) is 4.55. The van der Waals surface area contributed by atoms with Crippen molar-refractivity contribution in [3.8, 4) is 0 Å². The molecule has 3 fully saturated rings. The van der Waals surface area contributed by atoms with E-state index >= 15 is 0 Å². The molecule has 1 amide bonds. The minimum Gasteiger partial charge on any atom is -0.375 e. The molecule has 0 radical (unpaired) electrons. The predicted molar refractivity (Wildman–Crippen MR) is 90.3 cm³/mol. The second-order valence-corrected chi connectivity index (χ2v) is 7.70. The minimum absolute atomic E-state index is 0.0535. The molecule has 0 aromatic heterocycles. The summed E-state index contributed by atoms with van der Waals surface area (Å²) in [5.41, 5.74) is 0.980. The Morgan fingerprint density at radius 2 is 1.78 bits per heavy atom. The molecule has 0 bridgehead atoms. The zero-order chi connectivity index (χ0) is 15.8. The smallest absolute Gasteiger partial charge is 0.230 e. The summed E-state index contributed by atoms with van der Waals surface area (Å²) in [5.74, 6) is 0.238. The number of ether oxygens (including phenoxy) is 1. The largest absolute Gasteiger partial charge is 0.375 e. The van der Waals surface area contributed by atoms with Gasteiger partial charge in [-0.2, -0.15) is 0 Å². The van der Waals surface area contributed by atoms with Crippen molar-refractivity contribution in [2.45, 2.75) is 74.8 Å². The summed E-state index contributed by atoms with van der Waals surface area (Å²) >= 11 is 0. The number of nitrogens with one attached hydrogen (secondary N) is 1. The molecule has 1 atom stereocenters. The maximum Gasteiger partial charge on any atom is 0.230 e. The first-order valence-electron chi connectivity index (χ1n) is 9.23. The second-order valence-electron chi connectivity index (χ2n) is 7.70. The lowest BCUT2D eigenvalue weighted by Gasteiger charge is -2.44. The molecule has 3 heteroatoms. The average Bonchev–Trinajstić information content (AvgIpc) is 3.38. The molecule has 23 heavy (non-hydrogen) atoms. The monoisotopic (exact) mass is 313 g/mol. The van der Waals surface area contributed by atoms with Gasteiger partial charge in [-0.05, 0) is 44.1 Å². The molecule has 1 aromatic rings. The Morgan fingerprint density at radius 3 is 2.48 bits per heavy atom. The Kier molecular flexibility index (Phi) is 3.92. The summed E-state index contributed by atoms with van der Waals surface area (Å²) in [6.07, 6.45) is 10.1. The van der Waals surface area contributed by atoms with Crippen LogP contribution in [0.25, 0.3) is 0 Å². The molecular formula is C20H27NO2. The van der Waals surface area contributed by atoms with Gasteiger partial charge in [0, 0.05) is 12.6 Å². The number of rotatable bonds is 3. The summed E-state index contributed by atoms with van der Waals surface area (Å²) in [4.78, 5) is 12.9. The zero-order valence-corrected chi connectivity index (χ0v) is 13.9. The van der Waals surface area contributed by atoms with Crippen LogP contribution >= 0.6 is 0 Å². The van der Waals surface area contributed by atoms with Crippen molar-refractivity contribution in [2.75, 3.05) is 6.61 Å². The first-order valence-corrected chi connectivity index (χ1v) is 9.23. The first kappa shape index (κ1) is 15.2. The molecule has 2 aliphatic carbocycles. The highest BCUT2D eigenvalue weighted by Gasteiger charge is 2.52. The first-order chi connectivity index (χ1) is 11.2. The normalized spacial score (nSPS) is 28.3. The van der Waals surface area contributed by atoms with E-state index in [0.717, 1.165) is 32.3 Å². The molecule has 1 heterocycles. The van der Waals surface area contributed by atoms with Gasteiger partial charge in [0.25, 0.3) is 0 Å². The van der Waals surface area contributed by atoms with Gasteiger partial charge in [0.15, 0.2) is 0 Å². The van der Waals surface area contributed by atoms with Crippen LogP contribution in [0.15, 0.2) is 30.3 Å². The van der Waals surface area contributed by atoms with E-state index in [1.165, 1.54) is 37.7 Å². The van der Waals surface area contributed by atoms with E-state index in [4.69, 9.17) is 4.74 Å². The number of hydrogen-bond acceptors (Lipinski definition) is 2. The number of benzene rings is 1.